The molecule has 0 fully saturated rings. The third kappa shape index (κ3) is 4.59. The summed E-state index contributed by atoms with van der Waals surface area (Å²) < 4.78 is 10.6. The van der Waals surface area contributed by atoms with Crippen LogP contribution in [-0.4, -0.2) is 34.9 Å². The highest BCUT2D eigenvalue weighted by Crippen LogP contribution is 2.39. The van der Waals surface area contributed by atoms with E-state index in [9.17, 15) is 4.79 Å². The number of esters is 1. The molecule has 7 heteroatoms. The summed E-state index contributed by atoms with van der Waals surface area (Å²) in [5.74, 6) is 0.606. The zero-order chi connectivity index (χ0) is 19.2. The Hall–Kier alpha value is -2.12. The molecule has 2 aromatic heterocycles. The van der Waals surface area contributed by atoms with E-state index in [0.717, 1.165) is 45.0 Å². The molecule has 0 unspecified atom stereocenters. The molecule has 27 heavy (non-hydrogen) atoms. The summed E-state index contributed by atoms with van der Waals surface area (Å²) >= 11 is 2.99. The summed E-state index contributed by atoms with van der Waals surface area (Å²) in [5.41, 5.74) is 2.13. The third-order valence-corrected chi connectivity index (χ3v) is 6.06. The van der Waals surface area contributed by atoms with Crippen LogP contribution in [0.3, 0.4) is 0 Å². The van der Waals surface area contributed by atoms with E-state index in [1.54, 1.807) is 24.8 Å². The zero-order valence-corrected chi connectivity index (χ0v) is 17.2. The van der Waals surface area contributed by atoms with Gasteiger partial charge in [0.15, 0.2) is 0 Å². The second-order valence-electron chi connectivity index (χ2n) is 6.02. The maximum Gasteiger partial charge on any atom is 0.319 e. The first-order chi connectivity index (χ1) is 13.1. The van der Waals surface area contributed by atoms with Gasteiger partial charge in [0.2, 0.25) is 0 Å². The van der Waals surface area contributed by atoms with Crippen molar-refractivity contribution in [2.75, 3.05) is 13.7 Å². The highest BCUT2D eigenvalue weighted by Gasteiger charge is 2.20. The van der Waals surface area contributed by atoms with Crippen LogP contribution in [0.25, 0.3) is 21.3 Å². The summed E-state index contributed by atoms with van der Waals surface area (Å²) in [4.78, 5) is 22.0. The number of thiophene rings is 1. The molecule has 1 atom stereocenters. The Morgan fingerprint density at radius 2 is 2.04 bits per heavy atom. The van der Waals surface area contributed by atoms with Crippen molar-refractivity contribution in [1.29, 1.82) is 0 Å². The standard InChI is InChI=1S/C20H22N2O3S2/c1-4-5-10-25-20(23)13(2)27-19-17-16(11-26-18(17)21-12-22-19)14-6-8-15(24-3)9-7-14/h6-9,11-13H,4-5,10H2,1-3H3/t13-/m1/s1. The number of thioether (sulfide) groups is 1. The van der Waals surface area contributed by atoms with Gasteiger partial charge in [0.05, 0.1) is 19.1 Å². The number of carbonyl (C=O) groups excluding carboxylic acids is 1. The number of hydrogen-bond donors (Lipinski definition) is 0. The molecule has 5 nitrogen and oxygen atoms in total. The van der Waals surface area contributed by atoms with Crippen molar-refractivity contribution in [3.05, 3.63) is 36.0 Å². The van der Waals surface area contributed by atoms with Crippen LogP contribution in [0.4, 0.5) is 0 Å². The number of unbranched alkanes of at least 4 members (excludes halogenated alkanes) is 1. The maximum absolute atomic E-state index is 12.2. The molecule has 3 aromatic rings. The minimum atomic E-state index is -0.330. The van der Waals surface area contributed by atoms with E-state index >= 15 is 0 Å². The van der Waals surface area contributed by atoms with Crippen LogP contribution in [0.2, 0.25) is 0 Å². The molecule has 0 bridgehead atoms. The molecule has 2 heterocycles. The molecular weight excluding hydrogens is 380 g/mol. The van der Waals surface area contributed by atoms with Gasteiger partial charge in [0.25, 0.3) is 0 Å². The smallest absolute Gasteiger partial charge is 0.319 e. The van der Waals surface area contributed by atoms with Gasteiger partial charge < -0.3 is 9.47 Å². The number of benzene rings is 1. The van der Waals surface area contributed by atoms with Crippen molar-refractivity contribution in [3.8, 4) is 16.9 Å². The summed E-state index contributed by atoms with van der Waals surface area (Å²) in [5, 5.41) is 3.52. The molecule has 0 aliphatic carbocycles. The summed E-state index contributed by atoms with van der Waals surface area (Å²) in [6.45, 7) is 4.39. The molecule has 0 amide bonds. The Morgan fingerprint density at radius 1 is 1.26 bits per heavy atom. The van der Waals surface area contributed by atoms with Gasteiger partial charge in [-0.05, 0) is 31.0 Å². The van der Waals surface area contributed by atoms with Gasteiger partial charge >= 0.3 is 5.97 Å². The normalized spacial score (nSPS) is 12.1. The van der Waals surface area contributed by atoms with Crippen LogP contribution in [0.1, 0.15) is 26.7 Å². The van der Waals surface area contributed by atoms with E-state index in [2.05, 4.69) is 22.3 Å². The van der Waals surface area contributed by atoms with E-state index in [0.29, 0.717) is 6.61 Å². The van der Waals surface area contributed by atoms with Crippen LogP contribution in [0, 0.1) is 0 Å². The predicted octanol–water partition coefficient (Wildman–Crippen LogP) is 5.19. The van der Waals surface area contributed by atoms with Crippen LogP contribution >= 0.6 is 23.1 Å². The number of fused-ring (bicyclic) bond motifs is 1. The zero-order valence-electron chi connectivity index (χ0n) is 15.6. The fourth-order valence-electron chi connectivity index (χ4n) is 2.57. The van der Waals surface area contributed by atoms with Gasteiger partial charge in [-0.15, -0.1) is 11.3 Å². The number of aromatic nitrogens is 2. The average molecular weight is 403 g/mol. The first kappa shape index (κ1) is 19.6. The van der Waals surface area contributed by atoms with Gasteiger partial charge in [-0.25, -0.2) is 9.97 Å². The van der Waals surface area contributed by atoms with E-state index in [-0.39, 0.29) is 11.2 Å². The van der Waals surface area contributed by atoms with Crippen molar-refractivity contribution in [1.82, 2.24) is 9.97 Å². The largest absolute Gasteiger partial charge is 0.497 e. The third-order valence-electron chi connectivity index (χ3n) is 4.10. The lowest BCUT2D eigenvalue weighted by Gasteiger charge is -2.12. The minimum absolute atomic E-state index is 0.207. The second kappa shape index (κ2) is 9.19. The fourth-order valence-corrected chi connectivity index (χ4v) is 4.48. The van der Waals surface area contributed by atoms with E-state index < -0.39 is 0 Å². The number of nitrogens with zero attached hydrogens (tertiary/aromatic N) is 2. The molecular formula is C20H22N2O3S2. The summed E-state index contributed by atoms with van der Waals surface area (Å²) in [7, 11) is 1.65. The molecule has 0 radical (unpaired) electrons. The molecule has 0 spiro atoms. The maximum atomic E-state index is 12.2. The fraction of sp³-hybridized carbons (Fsp3) is 0.350. The molecule has 1 aromatic carbocycles. The van der Waals surface area contributed by atoms with E-state index in [1.165, 1.54) is 11.8 Å². The van der Waals surface area contributed by atoms with Gasteiger partial charge in [-0.2, -0.15) is 0 Å². The van der Waals surface area contributed by atoms with Crippen LogP contribution in [0.15, 0.2) is 41.0 Å². The lowest BCUT2D eigenvalue weighted by atomic mass is 10.1. The molecule has 0 saturated heterocycles. The highest BCUT2D eigenvalue weighted by atomic mass is 32.2. The first-order valence-electron chi connectivity index (χ1n) is 8.84. The van der Waals surface area contributed by atoms with Gasteiger partial charge in [-0.3, -0.25) is 4.79 Å². The number of methoxy groups -OCH3 is 1. The Labute approximate surface area is 167 Å². The highest BCUT2D eigenvalue weighted by molar-refractivity contribution is 8.00. The molecule has 0 aliphatic rings. The van der Waals surface area contributed by atoms with Crippen molar-refractivity contribution >= 4 is 39.3 Å². The molecule has 3 rings (SSSR count). The quantitative estimate of drug-likeness (QED) is 0.224. The van der Waals surface area contributed by atoms with E-state index in [4.69, 9.17) is 9.47 Å². The number of ether oxygens (including phenoxy) is 2. The SMILES string of the molecule is CCCCOC(=O)[C@@H](C)Sc1ncnc2scc(-c3ccc(OC)cc3)c12. The summed E-state index contributed by atoms with van der Waals surface area (Å²) in [6, 6.07) is 7.90. The first-order valence-corrected chi connectivity index (χ1v) is 10.6. The molecule has 0 N–H and O–H groups in total. The van der Waals surface area contributed by atoms with Crippen molar-refractivity contribution in [2.24, 2.45) is 0 Å². The van der Waals surface area contributed by atoms with Gasteiger partial charge in [0.1, 0.15) is 27.2 Å². The number of hydrogen-bond acceptors (Lipinski definition) is 7. The Balaban J connectivity index is 1.87. The number of rotatable bonds is 8. The average Bonchev–Trinajstić information content (AvgIpc) is 3.13. The summed E-state index contributed by atoms with van der Waals surface area (Å²) in [6.07, 6.45) is 3.43. The Bertz CT molecular complexity index is 909. The Morgan fingerprint density at radius 3 is 2.74 bits per heavy atom. The van der Waals surface area contributed by atoms with Crippen molar-refractivity contribution in [3.63, 3.8) is 0 Å². The second-order valence-corrected chi connectivity index (χ2v) is 8.21. The lowest BCUT2D eigenvalue weighted by Crippen LogP contribution is -2.17. The molecule has 0 saturated carbocycles. The van der Waals surface area contributed by atoms with Crippen LogP contribution < -0.4 is 4.74 Å². The van der Waals surface area contributed by atoms with E-state index in [1.807, 2.05) is 31.2 Å². The Kier molecular flexibility index (Phi) is 6.68. The lowest BCUT2D eigenvalue weighted by molar-refractivity contribution is -0.142. The predicted molar refractivity (Wildman–Crippen MR) is 111 cm³/mol. The van der Waals surface area contributed by atoms with Crippen molar-refractivity contribution < 1.29 is 14.3 Å². The van der Waals surface area contributed by atoms with Crippen LogP contribution in [0.5, 0.6) is 5.75 Å². The monoisotopic (exact) mass is 402 g/mol. The van der Waals surface area contributed by atoms with Gasteiger partial charge in [-0.1, -0.05) is 37.2 Å². The van der Waals surface area contributed by atoms with Crippen molar-refractivity contribution in [2.45, 2.75) is 37.0 Å². The topological polar surface area (TPSA) is 61.3 Å². The van der Waals surface area contributed by atoms with Gasteiger partial charge in [0, 0.05) is 10.9 Å². The molecule has 142 valence electrons. The van der Waals surface area contributed by atoms with Crippen LogP contribution in [-0.2, 0) is 9.53 Å². The minimum Gasteiger partial charge on any atom is -0.497 e. The number of carbonyl (C=O) groups is 1. The molecule has 0 aliphatic heterocycles.